The van der Waals surface area contributed by atoms with Gasteiger partial charge in [0, 0.05) is 13.1 Å². The fourth-order valence-electron chi connectivity index (χ4n) is 1.54. The topological polar surface area (TPSA) is 73.6 Å². The van der Waals surface area contributed by atoms with E-state index in [1.807, 2.05) is 0 Å². The molecule has 0 aliphatic carbocycles. The molecule has 0 aromatic rings. The number of carbonyl (C=O) groups excluding carboxylic acids is 1. The van der Waals surface area contributed by atoms with Crippen LogP contribution in [-0.2, 0) is 9.53 Å². The van der Waals surface area contributed by atoms with E-state index < -0.39 is 0 Å². The number of nitrogens with one attached hydrogen (secondary N) is 1. The average molecular weight is 212 g/mol. The predicted molar refractivity (Wildman–Crippen MR) is 56.1 cm³/mol. The number of hydrogen-bond acceptors (Lipinski definition) is 4. The Morgan fingerprint density at radius 1 is 1.33 bits per heavy atom. The summed E-state index contributed by atoms with van der Waals surface area (Å²) < 4.78 is 5.15. The van der Waals surface area contributed by atoms with E-state index in [1.54, 1.807) is 4.90 Å². The second-order valence-electron chi connectivity index (χ2n) is 3.46. The Balaban J connectivity index is 2.81. The van der Waals surface area contributed by atoms with Crippen molar-refractivity contribution in [1.82, 2.24) is 4.90 Å². The Kier molecular flexibility index (Phi) is 3.85. The van der Waals surface area contributed by atoms with Crippen molar-refractivity contribution in [3.05, 3.63) is 11.3 Å². The summed E-state index contributed by atoms with van der Waals surface area (Å²) in [4.78, 5) is 13.0. The fourth-order valence-corrected chi connectivity index (χ4v) is 1.54. The molecule has 84 valence electrons. The van der Waals surface area contributed by atoms with Gasteiger partial charge in [-0.15, -0.1) is 0 Å². The van der Waals surface area contributed by atoms with Crippen molar-refractivity contribution in [2.45, 2.75) is 13.8 Å². The molecular weight excluding hydrogens is 196 g/mol. The summed E-state index contributed by atoms with van der Waals surface area (Å²) in [5.41, 5.74) is 0.0944. The van der Waals surface area contributed by atoms with E-state index in [4.69, 9.17) is 10.1 Å². The van der Waals surface area contributed by atoms with Gasteiger partial charge in [0.25, 0.3) is 0 Å². The van der Waals surface area contributed by atoms with Crippen molar-refractivity contribution >= 4 is 11.6 Å². The van der Waals surface area contributed by atoms with E-state index in [1.165, 1.54) is 13.8 Å². The maximum Gasteiger partial charge on any atom is 0.166 e. The maximum atomic E-state index is 11.3. The molecular formula is C10H16N2O3. The lowest BCUT2D eigenvalue weighted by Gasteiger charge is -2.29. The lowest BCUT2D eigenvalue weighted by molar-refractivity contribution is -0.113. The molecule has 5 nitrogen and oxygen atoms in total. The van der Waals surface area contributed by atoms with Crippen molar-refractivity contribution in [2.75, 3.05) is 26.3 Å². The molecule has 1 rings (SSSR count). The van der Waals surface area contributed by atoms with Gasteiger partial charge in [0.1, 0.15) is 11.6 Å². The number of allylic oxidation sites excluding steroid dienone is 1. The number of ether oxygens (including phenoxy) is 1. The van der Waals surface area contributed by atoms with Crippen LogP contribution in [0.5, 0.6) is 0 Å². The van der Waals surface area contributed by atoms with Crippen molar-refractivity contribution < 1.29 is 14.6 Å². The minimum atomic E-state index is -0.286. The lowest BCUT2D eigenvalue weighted by Crippen LogP contribution is -2.42. The first-order valence-electron chi connectivity index (χ1n) is 4.86. The van der Waals surface area contributed by atoms with Gasteiger partial charge in [-0.3, -0.25) is 10.2 Å². The normalized spacial score (nSPS) is 18.4. The van der Waals surface area contributed by atoms with Gasteiger partial charge >= 0.3 is 0 Å². The molecule has 1 heterocycles. The average Bonchev–Trinajstić information content (AvgIpc) is 2.18. The molecule has 1 saturated heterocycles. The summed E-state index contributed by atoms with van der Waals surface area (Å²) in [6.07, 6.45) is 0. The van der Waals surface area contributed by atoms with Crippen molar-refractivity contribution in [3.63, 3.8) is 0 Å². The second-order valence-corrected chi connectivity index (χ2v) is 3.46. The summed E-state index contributed by atoms with van der Waals surface area (Å²) in [5, 5.41) is 17.2. The van der Waals surface area contributed by atoms with Crippen molar-refractivity contribution in [1.29, 1.82) is 5.41 Å². The van der Waals surface area contributed by atoms with E-state index >= 15 is 0 Å². The first kappa shape index (κ1) is 11.7. The molecule has 0 amide bonds. The third-order valence-electron chi connectivity index (χ3n) is 2.28. The van der Waals surface area contributed by atoms with Gasteiger partial charge in [-0.2, -0.15) is 0 Å². The zero-order valence-electron chi connectivity index (χ0n) is 9.04. The van der Waals surface area contributed by atoms with Crippen molar-refractivity contribution in [3.8, 4) is 0 Å². The molecule has 0 radical (unpaired) electrons. The highest BCUT2D eigenvalue weighted by Crippen LogP contribution is 2.10. The lowest BCUT2D eigenvalue weighted by atomic mass is 10.1. The zero-order valence-corrected chi connectivity index (χ0v) is 9.04. The largest absolute Gasteiger partial charge is 0.512 e. The Labute approximate surface area is 88.8 Å². The monoisotopic (exact) mass is 212 g/mol. The SMILES string of the molecule is CC(=O)C(C(=N)N1CCOCC1)=C(C)O. The van der Waals surface area contributed by atoms with Gasteiger partial charge in [-0.05, 0) is 13.8 Å². The van der Waals surface area contributed by atoms with E-state index in [2.05, 4.69) is 0 Å². The molecule has 1 aliphatic heterocycles. The standard InChI is InChI=1S/C10H16N2O3/c1-7(13)9(8(2)14)10(11)12-3-5-15-6-4-12/h11,13H,3-6H2,1-2H3. The van der Waals surface area contributed by atoms with Gasteiger partial charge < -0.3 is 14.7 Å². The van der Waals surface area contributed by atoms with Gasteiger partial charge in [0.15, 0.2) is 5.78 Å². The number of rotatable bonds is 2. The van der Waals surface area contributed by atoms with E-state index in [-0.39, 0.29) is 23.0 Å². The molecule has 1 aliphatic rings. The molecule has 2 N–H and O–H groups in total. The minimum Gasteiger partial charge on any atom is -0.512 e. The fraction of sp³-hybridized carbons (Fsp3) is 0.600. The highest BCUT2D eigenvalue weighted by molar-refractivity contribution is 6.19. The second kappa shape index (κ2) is 4.93. The molecule has 1 fully saturated rings. The predicted octanol–water partition coefficient (Wildman–Crippen LogP) is 0.717. The van der Waals surface area contributed by atoms with E-state index in [0.29, 0.717) is 26.3 Å². The molecule has 0 bridgehead atoms. The zero-order chi connectivity index (χ0) is 11.4. The van der Waals surface area contributed by atoms with Crippen molar-refractivity contribution in [2.24, 2.45) is 0 Å². The van der Waals surface area contributed by atoms with Gasteiger partial charge in [0.2, 0.25) is 0 Å². The van der Waals surface area contributed by atoms with Crippen LogP contribution < -0.4 is 0 Å². The molecule has 5 heteroatoms. The third-order valence-corrected chi connectivity index (χ3v) is 2.28. The number of ketones is 1. The Morgan fingerprint density at radius 2 is 1.87 bits per heavy atom. The summed E-state index contributed by atoms with van der Waals surface area (Å²) in [6.45, 7) is 5.05. The summed E-state index contributed by atoms with van der Waals surface area (Å²) in [6, 6.07) is 0. The molecule has 0 aromatic carbocycles. The number of Topliss-reactive ketones (excluding diaryl/α,β-unsaturated/α-hetero) is 1. The van der Waals surface area contributed by atoms with Crippen LogP contribution in [0, 0.1) is 5.41 Å². The quantitative estimate of drug-likeness (QED) is 0.306. The van der Waals surface area contributed by atoms with Crippen LogP contribution in [0.4, 0.5) is 0 Å². The summed E-state index contributed by atoms with van der Waals surface area (Å²) in [5.74, 6) is -0.295. The van der Waals surface area contributed by atoms with Crippen LogP contribution in [0.1, 0.15) is 13.8 Å². The van der Waals surface area contributed by atoms with Crippen LogP contribution in [0.15, 0.2) is 11.3 Å². The number of carbonyl (C=O) groups is 1. The Bertz CT molecular complexity index is 300. The van der Waals surface area contributed by atoms with Crippen LogP contribution in [-0.4, -0.2) is 47.9 Å². The first-order chi connectivity index (χ1) is 7.04. The Morgan fingerprint density at radius 3 is 2.27 bits per heavy atom. The van der Waals surface area contributed by atoms with E-state index in [0.717, 1.165) is 0 Å². The van der Waals surface area contributed by atoms with Gasteiger partial charge in [0.05, 0.1) is 18.8 Å². The summed E-state index contributed by atoms with van der Waals surface area (Å²) in [7, 11) is 0. The van der Waals surface area contributed by atoms with Gasteiger partial charge in [-0.1, -0.05) is 0 Å². The number of aliphatic hydroxyl groups is 1. The molecule has 0 atom stereocenters. The molecule has 0 spiro atoms. The van der Waals surface area contributed by atoms with Crippen LogP contribution in [0.2, 0.25) is 0 Å². The molecule has 0 saturated carbocycles. The molecule has 0 unspecified atom stereocenters. The Hall–Kier alpha value is -1.36. The smallest absolute Gasteiger partial charge is 0.166 e. The third kappa shape index (κ3) is 2.79. The highest BCUT2D eigenvalue weighted by atomic mass is 16.5. The number of morpholine rings is 1. The number of aliphatic hydroxyl groups excluding tert-OH is 1. The van der Waals surface area contributed by atoms with E-state index in [9.17, 15) is 9.90 Å². The highest BCUT2D eigenvalue weighted by Gasteiger charge is 2.21. The molecule has 15 heavy (non-hydrogen) atoms. The molecule has 0 aromatic heterocycles. The number of amidine groups is 1. The number of nitrogens with zero attached hydrogens (tertiary/aromatic N) is 1. The van der Waals surface area contributed by atoms with Crippen LogP contribution in [0.25, 0.3) is 0 Å². The van der Waals surface area contributed by atoms with Gasteiger partial charge in [-0.25, -0.2) is 0 Å². The van der Waals surface area contributed by atoms with Crippen LogP contribution in [0.3, 0.4) is 0 Å². The van der Waals surface area contributed by atoms with Crippen LogP contribution >= 0.6 is 0 Å². The number of hydrogen-bond donors (Lipinski definition) is 2. The summed E-state index contributed by atoms with van der Waals surface area (Å²) >= 11 is 0. The minimum absolute atomic E-state index is 0.0887. The first-order valence-corrected chi connectivity index (χ1v) is 4.86. The maximum absolute atomic E-state index is 11.3.